The molecule has 2 saturated heterocycles. The van der Waals surface area contributed by atoms with Crippen LogP contribution in [0.15, 0.2) is 33.0 Å². The van der Waals surface area contributed by atoms with Crippen LogP contribution in [0, 0.1) is 11.3 Å². The zero-order valence-corrected chi connectivity index (χ0v) is 26.9. The Balaban J connectivity index is 1.17. The van der Waals surface area contributed by atoms with E-state index >= 15 is 0 Å². The van der Waals surface area contributed by atoms with Crippen molar-refractivity contribution in [3.05, 3.63) is 22.9 Å². The van der Waals surface area contributed by atoms with Gasteiger partial charge in [0.1, 0.15) is 11.9 Å². The Morgan fingerprint density at radius 2 is 1.88 bits per heavy atom. The molecule has 2 fully saturated rings. The van der Waals surface area contributed by atoms with Gasteiger partial charge in [0.25, 0.3) is 0 Å². The van der Waals surface area contributed by atoms with Crippen molar-refractivity contribution in [2.75, 3.05) is 32.2 Å². The zero-order chi connectivity index (χ0) is 30.5. The largest absolute Gasteiger partial charge is 0.465 e. The van der Waals surface area contributed by atoms with Gasteiger partial charge in [-0.15, -0.1) is 0 Å². The maximum Gasteiger partial charge on any atom is 0.408 e. The molecule has 12 nitrogen and oxygen atoms in total. The van der Waals surface area contributed by atoms with Crippen molar-refractivity contribution in [2.24, 2.45) is 11.3 Å². The van der Waals surface area contributed by atoms with Gasteiger partial charge in [0.05, 0.1) is 0 Å². The number of carboxylic acid groups (broad SMARTS) is 1. The van der Waals surface area contributed by atoms with Crippen molar-refractivity contribution in [3.63, 3.8) is 0 Å². The predicted octanol–water partition coefficient (Wildman–Crippen LogP) is 5.24. The molecule has 43 heavy (non-hydrogen) atoms. The summed E-state index contributed by atoms with van der Waals surface area (Å²) in [6, 6.07) is 3.83. The highest BCUT2D eigenvalue weighted by Crippen LogP contribution is 2.46. The number of hydrogen-bond acceptors (Lipinski definition) is 9. The van der Waals surface area contributed by atoms with Crippen LogP contribution >= 0.6 is 27.7 Å². The van der Waals surface area contributed by atoms with E-state index in [9.17, 15) is 14.7 Å². The van der Waals surface area contributed by atoms with Gasteiger partial charge in [-0.1, -0.05) is 32.5 Å². The molecule has 0 unspecified atom stereocenters. The average molecular weight is 675 g/mol. The fourth-order valence-electron chi connectivity index (χ4n) is 6.69. The van der Waals surface area contributed by atoms with Crippen molar-refractivity contribution in [3.8, 4) is 11.5 Å². The molecule has 3 aliphatic rings. The number of likely N-dealkylation sites (tertiary alicyclic amines) is 2. The van der Waals surface area contributed by atoms with Crippen LogP contribution in [0.1, 0.15) is 52.9 Å². The van der Waals surface area contributed by atoms with Gasteiger partial charge in [-0.25, -0.2) is 19.7 Å². The lowest BCUT2D eigenvalue weighted by molar-refractivity contribution is -0.150. The second-order valence-electron chi connectivity index (χ2n) is 12.4. The molecular formula is C29H36BrN7O5S. The maximum atomic E-state index is 14.0. The van der Waals surface area contributed by atoms with Crippen LogP contribution in [-0.2, 0) is 11.3 Å². The van der Waals surface area contributed by atoms with E-state index in [1.807, 2.05) is 37.8 Å². The monoisotopic (exact) mass is 673 g/mol. The van der Waals surface area contributed by atoms with E-state index in [2.05, 4.69) is 30.5 Å². The molecule has 1 atom stereocenters. The highest BCUT2D eigenvalue weighted by molar-refractivity contribution is 9.10. The number of nitrogens with zero attached hydrogens (tertiary/aromatic N) is 6. The molecule has 0 bridgehead atoms. The van der Waals surface area contributed by atoms with Crippen LogP contribution in [-0.4, -0.2) is 78.4 Å². The van der Waals surface area contributed by atoms with E-state index in [0.29, 0.717) is 73.4 Å². The van der Waals surface area contributed by atoms with Crippen molar-refractivity contribution in [1.82, 2.24) is 29.3 Å². The number of aryl methyl sites for hydroxylation is 1. The molecule has 2 aromatic heterocycles. The van der Waals surface area contributed by atoms with Gasteiger partial charge in [0, 0.05) is 35.5 Å². The number of hydrogen-bond donors (Lipinski definition) is 2. The van der Waals surface area contributed by atoms with Crippen molar-refractivity contribution in [2.45, 2.75) is 75.0 Å². The van der Waals surface area contributed by atoms with Gasteiger partial charge in [-0.3, -0.25) is 9.69 Å². The molecule has 0 spiro atoms. The van der Waals surface area contributed by atoms with Crippen LogP contribution in [0.5, 0.6) is 11.5 Å². The Bertz CT molecular complexity index is 1570. The summed E-state index contributed by atoms with van der Waals surface area (Å²) in [4.78, 5) is 43.8. The van der Waals surface area contributed by atoms with Gasteiger partial charge in [-0.2, -0.15) is 0 Å². The molecule has 5 heterocycles. The van der Waals surface area contributed by atoms with Crippen molar-refractivity contribution < 1.29 is 24.2 Å². The third-order valence-electron chi connectivity index (χ3n) is 9.02. The van der Waals surface area contributed by atoms with E-state index in [1.54, 1.807) is 0 Å². The summed E-state index contributed by atoms with van der Waals surface area (Å²) in [6.07, 6.45) is 4.26. The Kier molecular flexibility index (Phi) is 7.86. The number of aromatic nitrogens is 4. The number of imidazole rings is 1. The maximum absolute atomic E-state index is 14.0. The first-order chi connectivity index (χ1) is 20.5. The minimum Gasteiger partial charge on any atom is -0.465 e. The van der Waals surface area contributed by atoms with E-state index in [-0.39, 0.29) is 12.7 Å². The summed E-state index contributed by atoms with van der Waals surface area (Å²) in [6.45, 7) is 8.41. The van der Waals surface area contributed by atoms with Crippen molar-refractivity contribution in [1.29, 1.82) is 0 Å². The predicted molar refractivity (Wildman–Crippen MR) is 164 cm³/mol. The number of ether oxygens (including phenoxy) is 2. The van der Waals surface area contributed by atoms with Gasteiger partial charge in [-0.05, 0) is 71.5 Å². The fraction of sp³-hybridized carbons (Fsp3) is 0.552. The summed E-state index contributed by atoms with van der Waals surface area (Å²) >= 11 is 5.14. The second-order valence-corrected chi connectivity index (χ2v) is 14.3. The number of amides is 2. The van der Waals surface area contributed by atoms with E-state index in [1.165, 1.54) is 23.0 Å². The van der Waals surface area contributed by atoms with Crippen LogP contribution in [0.4, 0.5) is 10.6 Å². The smallest absolute Gasteiger partial charge is 0.408 e. The van der Waals surface area contributed by atoms with Gasteiger partial charge >= 0.3 is 6.09 Å². The third-order valence-corrected chi connectivity index (χ3v) is 11.0. The Morgan fingerprint density at radius 3 is 2.58 bits per heavy atom. The summed E-state index contributed by atoms with van der Waals surface area (Å²) < 4.78 is 14.0. The number of halogens is 1. The molecule has 3 N–H and O–H groups in total. The Morgan fingerprint density at radius 1 is 1.16 bits per heavy atom. The van der Waals surface area contributed by atoms with Gasteiger partial charge in [0.2, 0.25) is 12.7 Å². The number of anilines is 1. The van der Waals surface area contributed by atoms with E-state index in [4.69, 9.17) is 20.2 Å². The lowest BCUT2D eigenvalue weighted by atomic mass is 9.70. The summed E-state index contributed by atoms with van der Waals surface area (Å²) in [5.41, 5.74) is 5.88. The van der Waals surface area contributed by atoms with Gasteiger partial charge < -0.3 is 29.8 Å². The number of nitrogens with two attached hydrogens (primary N) is 1. The van der Waals surface area contributed by atoms with Gasteiger partial charge in [0.15, 0.2) is 33.6 Å². The molecule has 3 aromatic rings. The average Bonchev–Trinajstić information content (AvgIpc) is 3.70. The summed E-state index contributed by atoms with van der Waals surface area (Å²) in [7, 11) is 0. The summed E-state index contributed by atoms with van der Waals surface area (Å²) in [5.74, 6) is 2.05. The minimum atomic E-state index is -1.03. The highest BCUT2D eigenvalue weighted by Gasteiger charge is 2.58. The third kappa shape index (κ3) is 5.26. The molecule has 2 amide bonds. The number of carbonyl (C=O) groups excluding carboxylic acids is 1. The van der Waals surface area contributed by atoms with Crippen LogP contribution in [0.2, 0.25) is 0 Å². The summed E-state index contributed by atoms with van der Waals surface area (Å²) in [5, 5.41) is 10.7. The minimum absolute atomic E-state index is 0.0564. The highest BCUT2D eigenvalue weighted by atomic mass is 79.9. The normalized spacial score (nSPS) is 20.7. The molecule has 0 saturated carbocycles. The number of rotatable bonds is 6. The molecule has 0 radical (unpaired) electrons. The number of nitrogen functional groups attached to an aromatic ring is 1. The van der Waals surface area contributed by atoms with Crippen LogP contribution in [0.25, 0.3) is 11.2 Å². The molecule has 6 rings (SSSR count). The first kappa shape index (κ1) is 29.8. The number of piperidine rings is 1. The lowest BCUT2D eigenvalue weighted by Gasteiger charge is -2.48. The number of carbonyl (C=O) groups is 2. The topological polar surface area (TPSA) is 149 Å². The lowest BCUT2D eigenvalue weighted by Crippen LogP contribution is -2.65. The van der Waals surface area contributed by atoms with E-state index in [0.717, 1.165) is 33.8 Å². The molecule has 230 valence electrons. The molecule has 14 heteroatoms. The first-order valence-electron chi connectivity index (χ1n) is 14.5. The second kappa shape index (κ2) is 11.3. The zero-order valence-electron chi connectivity index (χ0n) is 24.5. The Hall–Kier alpha value is -3.26. The molecule has 0 aliphatic carbocycles. The first-order valence-corrected chi connectivity index (χ1v) is 16.1. The van der Waals surface area contributed by atoms with Crippen molar-refractivity contribution >= 4 is 56.7 Å². The van der Waals surface area contributed by atoms with Crippen LogP contribution < -0.4 is 15.2 Å². The van der Waals surface area contributed by atoms with Crippen LogP contribution in [0.3, 0.4) is 0 Å². The Labute approximate surface area is 262 Å². The number of fused-ring (bicyclic) bond motifs is 2. The quantitative estimate of drug-likeness (QED) is 0.356. The molecule has 3 aliphatic heterocycles. The van der Waals surface area contributed by atoms with E-state index < -0.39 is 17.0 Å². The molecular weight excluding hydrogens is 638 g/mol. The SMILES string of the molecule is CC(C)(C)[C@]1(C(=O)N2CCC(CCn3c(Sc4cc5c(cc4Br)OCO5)nc4c(N)ncnc43)CC2)CCCN1C(=O)O. The number of benzene rings is 1. The fourth-order valence-corrected chi connectivity index (χ4v) is 8.20. The standard InChI is InChI=1S/C29H36BrN7O5S/c1-28(2,3)29(8-4-9-37(29)27(39)40)25(38)35-10-5-17(6-11-35)7-12-36-24-22(23(31)32-15-33-24)34-26(36)43-21-14-20-19(13-18(21)30)41-16-42-20/h13-15,17H,4-12,16H2,1-3H3,(H,39,40)(H2,31,32,33)/t29-/m1/s1. The molecule has 1 aromatic carbocycles.